The molecule has 0 bridgehead atoms. The highest BCUT2D eigenvalue weighted by atomic mass is 79.9. The van der Waals surface area contributed by atoms with E-state index in [1.165, 1.54) is 0 Å². The Balaban J connectivity index is 2.04. The molecule has 0 aliphatic carbocycles. The lowest BCUT2D eigenvalue weighted by Gasteiger charge is -2.38. The van der Waals surface area contributed by atoms with Crippen LogP contribution in [0, 0.1) is 0 Å². The van der Waals surface area contributed by atoms with Crippen LogP contribution in [0.15, 0.2) is 23.2 Å². The first kappa shape index (κ1) is 12.8. The Morgan fingerprint density at radius 2 is 2.42 bits per heavy atom. The number of anilines is 1. The Morgan fingerprint density at radius 1 is 1.58 bits per heavy atom. The lowest BCUT2D eigenvalue weighted by Crippen LogP contribution is -2.50. The first-order valence-corrected chi connectivity index (χ1v) is 6.96. The number of hydrogen-bond donors (Lipinski definition) is 1. The number of halogens is 1. The highest BCUT2D eigenvalue weighted by molar-refractivity contribution is 9.10. The number of morpholine rings is 1. The summed E-state index contributed by atoms with van der Waals surface area (Å²) in [4.78, 5) is 11.0. The minimum absolute atomic E-state index is 0.0158. The number of aliphatic hydroxyl groups is 1. The Labute approximate surface area is 119 Å². The van der Waals surface area contributed by atoms with Crippen LogP contribution in [-0.2, 0) is 4.74 Å². The summed E-state index contributed by atoms with van der Waals surface area (Å²) in [7, 11) is 0. The molecule has 19 heavy (non-hydrogen) atoms. The van der Waals surface area contributed by atoms with Crippen molar-refractivity contribution in [2.24, 2.45) is 0 Å². The van der Waals surface area contributed by atoms with Crippen molar-refractivity contribution in [3.8, 4) is 0 Å². The van der Waals surface area contributed by atoms with Gasteiger partial charge >= 0.3 is 0 Å². The molecule has 2 aromatic heterocycles. The van der Waals surface area contributed by atoms with Crippen molar-refractivity contribution in [1.29, 1.82) is 0 Å². The normalized spacial score (nSPS) is 24.1. The maximum Gasteiger partial charge on any atom is 0.180 e. The average Bonchev–Trinajstić information content (AvgIpc) is 2.86. The van der Waals surface area contributed by atoms with E-state index in [-0.39, 0.29) is 18.8 Å². The minimum Gasteiger partial charge on any atom is -0.394 e. The van der Waals surface area contributed by atoms with Gasteiger partial charge in [0.2, 0.25) is 0 Å². The molecular weight excluding hydrogens is 312 g/mol. The van der Waals surface area contributed by atoms with Crippen LogP contribution in [0.5, 0.6) is 0 Å². The smallest absolute Gasteiger partial charge is 0.180 e. The summed E-state index contributed by atoms with van der Waals surface area (Å²) in [6.45, 7) is 3.29. The van der Waals surface area contributed by atoms with Crippen LogP contribution in [0.3, 0.4) is 0 Å². The fraction of sp³-hybridized carbons (Fsp3) is 0.500. The van der Waals surface area contributed by atoms with E-state index in [0.29, 0.717) is 13.2 Å². The van der Waals surface area contributed by atoms with Gasteiger partial charge in [-0.05, 0) is 22.9 Å². The van der Waals surface area contributed by atoms with Crippen LogP contribution in [-0.4, -0.2) is 51.4 Å². The third kappa shape index (κ3) is 2.33. The first-order chi connectivity index (χ1) is 9.19. The third-order valence-corrected chi connectivity index (χ3v) is 3.69. The zero-order valence-electron chi connectivity index (χ0n) is 10.5. The Hall–Kier alpha value is -1.18. The molecule has 0 aromatic carbocycles. The summed E-state index contributed by atoms with van der Waals surface area (Å²) in [5.74, 6) is 0.814. The molecule has 0 radical (unpaired) electrons. The Morgan fingerprint density at radius 3 is 3.21 bits per heavy atom. The van der Waals surface area contributed by atoms with Crippen molar-refractivity contribution in [2.75, 3.05) is 24.7 Å². The molecule has 1 aliphatic heterocycles. The largest absolute Gasteiger partial charge is 0.394 e. The SMILES string of the molecule is CC1COC(CO)CN1c1nc(Br)cn2ccnc12. The molecule has 3 rings (SSSR count). The summed E-state index contributed by atoms with van der Waals surface area (Å²) in [6.07, 6.45) is 5.34. The fourth-order valence-electron chi connectivity index (χ4n) is 2.30. The predicted molar refractivity (Wildman–Crippen MR) is 74.3 cm³/mol. The van der Waals surface area contributed by atoms with Crippen LogP contribution in [0.1, 0.15) is 6.92 Å². The average molecular weight is 327 g/mol. The molecule has 0 amide bonds. The Bertz CT molecular complexity index is 588. The molecule has 3 heterocycles. The maximum absolute atomic E-state index is 9.27. The van der Waals surface area contributed by atoms with Crippen LogP contribution < -0.4 is 4.90 Å². The summed E-state index contributed by atoms with van der Waals surface area (Å²) < 4.78 is 8.25. The van der Waals surface area contributed by atoms with Gasteiger partial charge in [0.05, 0.1) is 25.4 Å². The molecule has 1 N–H and O–H groups in total. The van der Waals surface area contributed by atoms with Gasteiger partial charge in [-0.3, -0.25) is 0 Å². The fourth-order valence-corrected chi connectivity index (χ4v) is 2.69. The zero-order chi connectivity index (χ0) is 13.4. The number of rotatable bonds is 2. The maximum atomic E-state index is 9.27. The monoisotopic (exact) mass is 326 g/mol. The molecule has 7 heteroatoms. The van der Waals surface area contributed by atoms with Gasteiger partial charge < -0.3 is 19.1 Å². The molecule has 0 saturated carbocycles. The molecule has 2 aromatic rings. The number of ether oxygens (including phenoxy) is 1. The van der Waals surface area contributed by atoms with Gasteiger partial charge in [-0.1, -0.05) is 0 Å². The number of hydrogen-bond acceptors (Lipinski definition) is 5. The number of fused-ring (bicyclic) bond motifs is 1. The van der Waals surface area contributed by atoms with Gasteiger partial charge in [0, 0.05) is 25.1 Å². The summed E-state index contributed by atoms with van der Waals surface area (Å²) in [6, 6.07) is 0.199. The van der Waals surface area contributed by atoms with Crippen molar-refractivity contribution < 1.29 is 9.84 Å². The second-order valence-corrected chi connectivity index (χ2v) is 5.50. The molecule has 1 saturated heterocycles. The molecule has 1 aliphatic rings. The van der Waals surface area contributed by atoms with Crippen molar-refractivity contribution in [3.63, 3.8) is 0 Å². The number of aromatic nitrogens is 3. The highest BCUT2D eigenvalue weighted by Crippen LogP contribution is 2.25. The molecule has 6 nitrogen and oxygen atoms in total. The van der Waals surface area contributed by atoms with Gasteiger partial charge in [0.15, 0.2) is 11.5 Å². The third-order valence-electron chi connectivity index (χ3n) is 3.31. The van der Waals surface area contributed by atoms with Gasteiger partial charge in [-0.2, -0.15) is 0 Å². The van der Waals surface area contributed by atoms with E-state index < -0.39 is 0 Å². The zero-order valence-corrected chi connectivity index (χ0v) is 12.1. The van der Waals surface area contributed by atoms with E-state index in [4.69, 9.17) is 4.74 Å². The highest BCUT2D eigenvalue weighted by Gasteiger charge is 2.28. The predicted octanol–water partition coefficient (Wildman–Crippen LogP) is 1.08. The van der Waals surface area contributed by atoms with Crippen LogP contribution in [0.2, 0.25) is 0 Å². The van der Waals surface area contributed by atoms with E-state index >= 15 is 0 Å². The van der Waals surface area contributed by atoms with Crippen LogP contribution >= 0.6 is 15.9 Å². The van der Waals surface area contributed by atoms with E-state index in [2.05, 4.69) is 37.7 Å². The van der Waals surface area contributed by atoms with Gasteiger partial charge in [-0.15, -0.1) is 0 Å². The summed E-state index contributed by atoms with van der Waals surface area (Å²) in [5, 5.41) is 9.27. The standard InChI is InChI=1S/C12H15BrN4O2/c1-8-7-19-9(6-18)4-17(8)12-11-14-2-3-16(11)5-10(13)15-12/h2-3,5,8-9,18H,4,6-7H2,1H3. The quantitative estimate of drug-likeness (QED) is 0.894. The number of nitrogens with zero attached hydrogens (tertiary/aromatic N) is 4. The Kier molecular flexibility index (Phi) is 3.42. The van der Waals surface area contributed by atoms with Gasteiger partial charge in [0.25, 0.3) is 0 Å². The number of aliphatic hydroxyl groups excluding tert-OH is 1. The second kappa shape index (κ2) is 5.07. The van der Waals surface area contributed by atoms with Crippen LogP contribution in [0.25, 0.3) is 5.65 Å². The lowest BCUT2D eigenvalue weighted by molar-refractivity contribution is -0.0105. The van der Waals surface area contributed by atoms with E-state index in [9.17, 15) is 5.11 Å². The van der Waals surface area contributed by atoms with E-state index in [1.807, 2.05) is 16.8 Å². The molecule has 2 unspecified atom stereocenters. The molecule has 102 valence electrons. The topological polar surface area (TPSA) is 62.9 Å². The summed E-state index contributed by atoms with van der Waals surface area (Å²) in [5.41, 5.74) is 0.814. The van der Waals surface area contributed by atoms with Gasteiger partial charge in [0.1, 0.15) is 4.60 Å². The van der Waals surface area contributed by atoms with E-state index in [1.54, 1.807) is 6.20 Å². The van der Waals surface area contributed by atoms with Crippen molar-refractivity contribution in [1.82, 2.24) is 14.4 Å². The van der Waals surface area contributed by atoms with Crippen LogP contribution in [0.4, 0.5) is 5.82 Å². The van der Waals surface area contributed by atoms with Crippen molar-refractivity contribution in [3.05, 3.63) is 23.2 Å². The van der Waals surface area contributed by atoms with Crippen molar-refractivity contribution >= 4 is 27.4 Å². The molecule has 0 spiro atoms. The molecule has 1 fully saturated rings. The molecular formula is C12H15BrN4O2. The first-order valence-electron chi connectivity index (χ1n) is 6.17. The minimum atomic E-state index is -0.174. The molecule has 2 atom stereocenters. The summed E-state index contributed by atoms with van der Waals surface area (Å²) >= 11 is 3.42. The lowest BCUT2D eigenvalue weighted by atomic mass is 10.2. The van der Waals surface area contributed by atoms with E-state index in [0.717, 1.165) is 16.1 Å². The van der Waals surface area contributed by atoms with Gasteiger partial charge in [-0.25, -0.2) is 9.97 Å². The number of imidazole rings is 1. The van der Waals surface area contributed by atoms with Crippen molar-refractivity contribution in [2.45, 2.75) is 19.1 Å². The second-order valence-electron chi connectivity index (χ2n) is 4.68.